The van der Waals surface area contributed by atoms with Gasteiger partial charge in [-0.1, -0.05) is 24.3 Å². The molecule has 4 amide bonds. The summed E-state index contributed by atoms with van der Waals surface area (Å²) in [5.74, 6) is -2.97. The molecule has 1 aliphatic heterocycles. The predicted molar refractivity (Wildman–Crippen MR) is 111 cm³/mol. The van der Waals surface area contributed by atoms with Gasteiger partial charge in [0, 0.05) is 5.69 Å². The monoisotopic (exact) mass is 421 g/mol. The molecule has 0 radical (unpaired) electrons. The number of likely N-dealkylation sites (tertiary alicyclic amines) is 1. The van der Waals surface area contributed by atoms with Gasteiger partial charge in [-0.25, -0.2) is 4.39 Å². The first-order chi connectivity index (χ1) is 14.9. The maximum atomic E-state index is 13.1. The Balaban J connectivity index is 1.44. The van der Waals surface area contributed by atoms with Gasteiger partial charge in [0.1, 0.15) is 12.4 Å². The molecule has 1 saturated heterocycles. The number of allylic oxidation sites excluding steroid dienone is 2. The highest BCUT2D eigenvalue weighted by Gasteiger charge is 2.47. The molecule has 0 unspecified atom stereocenters. The van der Waals surface area contributed by atoms with Crippen molar-refractivity contribution in [3.63, 3.8) is 0 Å². The summed E-state index contributed by atoms with van der Waals surface area (Å²) in [6.45, 7) is -0.404. The van der Waals surface area contributed by atoms with Crippen molar-refractivity contribution in [3.8, 4) is 0 Å². The summed E-state index contributed by atoms with van der Waals surface area (Å²) >= 11 is 0. The number of halogens is 1. The molecule has 2 aliphatic rings. The van der Waals surface area contributed by atoms with E-state index in [0.29, 0.717) is 18.5 Å². The van der Waals surface area contributed by atoms with Crippen LogP contribution in [0.5, 0.6) is 0 Å². The largest absolute Gasteiger partial charge is 0.324 e. The number of carbonyl (C=O) groups is 4. The zero-order valence-electron chi connectivity index (χ0n) is 16.5. The van der Waals surface area contributed by atoms with Gasteiger partial charge in [-0.2, -0.15) is 0 Å². The van der Waals surface area contributed by atoms with Gasteiger partial charge in [0.15, 0.2) is 0 Å². The summed E-state index contributed by atoms with van der Waals surface area (Å²) in [6, 6.07) is 11.7. The van der Waals surface area contributed by atoms with Crippen LogP contribution in [0.4, 0.5) is 15.8 Å². The fourth-order valence-electron chi connectivity index (χ4n) is 3.88. The number of hydrogen-bond donors (Lipinski definition) is 2. The summed E-state index contributed by atoms with van der Waals surface area (Å²) in [4.78, 5) is 51.3. The van der Waals surface area contributed by atoms with Crippen LogP contribution >= 0.6 is 0 Å². The second-order valence-electron chi connectivity index (χ2n) is 7.47. The van der Waals surface area contributed by atoms with Crippen LogP contribution in [0, 0.1) is 17.7 Å². The van der Waals surface area contributed by atoms with Crippen molar-refractivity contribution in [1.82, 2.24) is 4.90 Å². The molecule has 4 rings (SSSR count). The van der Waals surface area contributed by atoms with E-state index in [1.165, 1.54) is 30.3 Å². The molecule has 7 nitrogen and oxygen atoms in total. The number of para-hydroxylation sites is 1. The third kappa shape index (κ3) is 4.23. The lowest BCUT2D eigenvalue weighted by Crippen LogP contribution is -2.38. The van der Waals surface area contributed by atoms with E-state index < -0.39 is 36.0 Å². The molecule has 1 heterocycles. The van der Waals surface area contributed by atoms with Crippen LogP contribution < -0.4 is 10.6 Å². The van der Waals surface area contributed by atoms with Crippen LogP contribution in [0.3, 0.4) is 0 Å². The topological polar surface area (TPSA) is 95.6 Å². The zero-order chi connectivity index (χ0) is 22.0. The molecule has 0 aromatic heterocycles. The number of hydrogen-bond acceptors (Lipinski definition) is 4. The maximum absolute atomic E-state index is 13.1. The molecular formula is C23H20FN3O4. The van der Waals surface area contributed by atoms with Crippen molar-refractivity contribution in [1.29, 1.82) is 0 Å². The minimum absolute atomic E-state index is 0.192. The summed E-state index contributed by atoms with van der Waals surface area (Å²) < 4.78 is 13.1. The van der Waals surface area contributed by atoms with E-state index in [1.54, 1.807) is 18.2 Å². The van der Waals surface area contributed by atoms with E-state index in [-0.39, 0.29) is 23.1 Å². The van der Waals surface area contributed by atoms with Crippen molar-refractivity contribution in [2.45, 2.75) is 12.8 Å². The minimum atomic E-state index is -0.574. The second kappa shape index (κ2) is 8.51. The molecule has 0 bridgehead atoms. The highest BCUT2D eigenvalue weighted by atomic mass is 19.1. The molecule has 31 heavy (non-hydrogen) atoms. The first-order valence-corrected chi connectivity index (χ1v) is 9.90. The van der Waals surface area contributed by atoms with Crippen LogP contribution in [-0.2, 0) is 14.4 Å². The number of benzene rings is 2. The Morgan fingerprint density at radius 3 is 2.16 bits per heavy atom. The maximum Gasteiger partial charge on any atom is 0.257 e. The van der Waals surface area contributed by atoms with E-state index in [4.69, 9.17) is 0 Å². The summed E-state index contributed by atoms with van der Waals surface area (Å²) in [7, 11) is 0. The molecular weight excluding hydrogens is 401 g/mol. The number of anilines is 2. The number of carbonyl (C=O) groups excluding carboxylic acids is 4. The summed E-state index contributed by atoms with van der Waals surface area (Å²) in [5, 5.41) is 5.25. The van der Waals surface area contributed by atoms with E-state index in [0.717, 1.165) is 4.90 Å². The van der Waals surface area contributed by atoms with Gasteiger partial charge >= 0.3 is 0 Å². The van der Waals surface area contributed by atoms with Crippen LogP contribution in [0.25, 0.3) is 0 Å². The van der Waals surface area contributed by atoms with Crippen molar-refractivity contribution in [3.05, 3.63) is 72.1 Å². The standard InChI is InChI=1S/C23H20FN3O4/c24-14-9-11-15(12-10-14)25-21(29)18-7-3-4-8-19(18)26-20(28)13-27-22(30)16-5-1-2-6-17(16)23(27)31/h1-4,7-12,16-17H,5-6,13H2,(H,25,29)(H,26,28)/t16-,17-/m0/s1. The lowest BCUT2D eigenvalue weighted by Gasteiger charge is -2.16. The molecule has 8 heteroatoms. The van der Waals surface area contributed by atoms with Crippen LogP contribution in [0.1, 0.15) is 23.2 Å². The molecule has 1 aliphatic carbocycles. The number of nitrogens with zero attached hydrogens (tertiary/aromatic N) is 1. The van der Waals surface area contributed by atoms with Gasteiger partial charge in [-0.15, -0.1) is 0 Å². The zero-order valence-corrected chi connectivity index (χ0v) is 16.5. The highest BCUT2D eigenvalue weighted by Crippen LogP contribution is 2.34. The van der Waals surface area contributed by atoms with Crippen LogP contribution in [0.2, 0.25) is 0 Å². The fraction of sp³-hybridized carbons (Fsp3) is 0.217. The van der Waals surface area contributed by atoms with E-state index in [2.05, 4.69) is 10.6 Å². The van der Waals surface area contributed by atoms with Crippen LogP contribution in [0.15, 0.2) is 60.7 Å². The first kappa shape index (κ1) is 20.5. The third-order valence-electron chi connectivity index (χ3n) is 5.45. The Kier molecular flexibility index (Phi) is 5.62. The van der Waals surface area contributed by atoms with Crippen molar-refractivity contribution >= 4 is 35.0 Å². The molecule has 158 valence electrons. The van der Waals surface area contributed by atoms with Gasteiger partial charge in [-0.3, -0.25) is 24.1 Å². The summed E-state index contributed by atoms with van der Waals surface area (Å²) in [5.41, 5.74) is 0.833. The number of fused-ring (bicyclic) bond motifs is 1. The van der Waals surface area contributed by atoms with E-state index >= 15 is 0 Å². The van der Waals surface area contributed by atoms with E-state index in [9.17, 15) is 23.6 Å². The highest BCUT2D eigenvalue weighted by molar-refractivity contribution is 6.12. The molecule has 2 aromatic carbocycles. The Labute approximate surface area is 177 Å². The first-order valence-electron chi connectivity index (χ1n) is 9.90. The average molecular weight is 421 g/mol. The van der Waals surface area contributed by atoms with Gasteiger partial charge in [-0.05, 0) is 49.2 Å². The average Bonchev–Trinajstić information content (AvgIpc) is 3.01. The van der Waals surface area contributed by atoms with Crippen molar-refractivity contribution < 1.29 is 23.6 Å². The Hall–Kier alpha value is -3.81. The van der Waals surface area contributed by atoms with Crippen molar-refractivity contribution in [2.24, 2.45) is 11.8 Å². The Bertz CT molecular complexity index is 1050. The summed E-state index contributed by atoms with van der Waals surface area (Å²) in [6.07, 6.45) is 4.76. The van der Waals surface area contributed by atoms with Gasteiger partial charge in [0.05, 0.1) is 23.1 Å². The normalized spacial score (nSPS) is 19.8. The lowest BCUT2D eigenvalue weighted by atomic mass is 9.85. The Morgan fingerprint density at radius 2 is 1.52 bits per heavy atom. The fourth-order valence-corrected chi connectivity index (χ4v) is 3.88. The van der Waals surface area contributed by atoms with Gasteiger partial charge in [0.2, 0.25) is 17.7 Å². The van der Waals surface area contributed by atoms with Crippen LogP contribution in [-0.4, -0.2) is 35.1 Å². The number of amides is 4. The van der Waals surface area contributed by atoms with Gasteiger partial charge < -0.3 is 10.6 Å². The SMILES string of the molecule is O=C(CN1C(=O)[C@H]2CC=CC[C@@H]2C1=O)Nc1ccccc1C(=O)Nc1ccc(F)cc1. The predicted octanol–water partition coefficient (Wildman–Crippen LogP) is 2.97. The van der Waals surface area contributed by atoms with Gasteiger partial charge in [0.25, 0.3) is 5.91 Å². The number of nitrogens with one attached hydrogen (secondary N) is 2. The molecule has 2 atom stereocenters. The molecule has 2 N–H and O–H groups in total. The van der Waals surface area contributed by atoms with Crippen molar-refractivity contribution in [2.75, 3.05) is 17.2 Å². The second-order valence-corrected chi connectivity index (χ2v) is 7.47. The minimum Gasteiger partial charge on any atom is -0.324 e. The molecule has 1 fully saturated rings. The molecule has 0 spiro atoms. The van der Waals surface area contributed by atoms with E-state index in [1.807, 2.05) is 12.2 Å². The quantitative estimate of drug-likeness (QED) is 0.573. The third-order valence-corrected chi connectivity index (χ3v) is 5.45. The Morgan fingerprint density at radius 1 is 0.903 bits per heavy atom. The lowest BCUT2D eigenvalue weighted by molar-refractivity contribution is -0.142. The smallest absolute Gasteiger partial charge is 0.257 e. The number of imide groups is 1. The molecule has 0 saturated carbocycles. The number of rotatable bonds is 5. The molecule has 2 aromatic rings.